The Morgan fingerprint density at radius 1 is 1.77 bits per heavy atom. The summed E-state index contributed by atoms with van der Waals surface area (Å²) in [5, 5.41) is 17.3. The van der Waals surface area contributed by atoms with E-state index in [0.29, 0.717) is 19.4 Å². The fraction of sp³-hybridized carbons (Fsp3) is 0.778. The van der Waals surface area contributed by atoms with Crippen LogP contribution < -0.4 is 0 Å². The van der Waals surface area contributed by atoms with E-state index in [1.165, 1.54) is 0 Å². The van der Waals surface area contributed by atoms with E-state index < -0.39 is 5.97 Å². The third-order valence-corrected chi connectivity index (χ3v) is 2.64. The van der Waals surface area contributed by atoms with Crippen LogP contribution in [0.15, 0.2) is 0 Å². The molecule has 0 aromatic carbocycles. The van der Waals surface area contributed by atoms with Crippen LogP contribution in [0.5, 0.6) is 0 Å². The number of aliphatic carboxylic acids is 1. The van der Waals surface area contributed by atoms with Crippen molar-refractivity contribution in [2.75, 3.05) is 13.1 Å². The van der Waals surface area contributed by atoms with Crippen LogP contribution in [0, 0.1) is 17.2 Å². The molecule has 1 aliphatic heterocycles. The van der Waals surface area contributed by atoms with Gasteiger partial charge in [-0.2, -0.15) is 5.26 Å². The molecule has 1 heterocycles. The third kappa shape index (κ3) is 2.43. The van der Waals surface area contributed by atoms with Crippen LogP contribution in [0.2, 0.25) is 0 Å². The lowest BCUT2D eigenvalue weighted by Gasteiger charge is -2.34. The average Bonchev–Trinajstić information content (AvgIpc) is 2.08. The summed E-state index contributed by atoms with van der Waals surface area (Å²) < 4.78 is 0. The van der Waals surface area contributed by atoms with Crippen LogP contribution in [0.4, 0.5) is 0 Å². The molecule has 1 aliphatic rings. The Balaban J connectivity index is 2.47. The van der Waals surface area contributed by atoms with Gasteiger partial charge in [-0.25, -0.2) is 0 Å². The summed E-state index contributed by atoms with van der Waals surface area (Å²) in [5.41, 5.74) is 0. The van der Waals surface area contributed by atoms with Crippen LogP contribution in [0.3, 0.4) is 0 Å². The van der Waals surface area contributed by atoms with E-state index in [4.69, 9.17) is 10.4 Å². The van der Waals surface area contributed by atoms with Gasteiger partial charge in [0.1, 0.15) is 0 Å². The summed E-state index contributed by atoms with van der Waals surface area (Å²) >= 11 is 0. The molecular formula is C9H14N2O2. The van der Waals surface area contributed by atoms with E-state index in [2.05, 4.69) is 6.07 Å². The van der Waals surface area contributed by atoms with E-state index in [9.17, 15) is 4.79 Å². The molecule has 1 saturated heterocycles. The van der Waals surface area contributed by atoms with Crippen molar-refractivity contribution in [3.8, 4) is 6.07 Å². The molecule has 1 N–H and O–H groups in total. The second kappa shape index (κ2) is 4.24. The summed E-state index contributed by atoms with van der Waals surface area (Å²) in [6.07, 6.45) is 1.33. The fourth-order valence-corrected chi connectivity index (χ4v) is 1.77. The summed E-state index contributed by atoms with van der Waals surface area (Å²) in [7, 11) is 0. The molecule has 0 radical (unpaired) electrons. The first kappa shape index (κ1) is 10.0. The van der Waals surface area contributed by atoms with Crippen molar-refractivity contribution >= 4 is 5.97 Å². The monoisotopic (exact) mass is 182 g/mol. The number of nitrogens with zero attached hydrogens (tertiary/aromatic N) is 2. The summed E-state index contributed by atoms with van der Waals surface area (Å²) in [5.74, 6) is -0.923. The normalized spacial score (nSPS) is 29.5. The van der Waals surface area contributed by atoms with E-state index in [-0.39, 0.29) is 12.0 Å². The van der Waals surface area contributed by atoms with Gasteiger partial charge in [0.15, 0.2) is 0 Å². The number of carboxylic acid groups (broad SMARTS) is 1. The first-order chi connectivity index (χ1) is 6.15. The Hall–Kier alpha value is -1.08. The Morgan fingerprint density at radius 3 is 2.92 bits per heavy atom. The van der Waals surface area contributed by atoms with Crippen molar-refractivity contribution < 1.29 is 9.90 Å². The number of hydrogen-bond acceptors (Lipinski definition) is 3. The highest BCUT2D eigenvalue weighted by Gasteiger charge is 2.29. The highest BCUT2D eigenvalue weighted by molar-refractivity contribution is 5.70. The standard InChI is InChI=1S/C9H14N2O2/c1-7-6-8(9(12)13)2-4-11(7)5-3-10/h7-8H,2,4-6H2,1H3,(H,12,13). The molecule has 0 aromatic rings. The zero-order valence-corrected chi connectivity index (χ0v) is 7.73. The van der Waals surface area contributed by atoms with Gasteiger partial charge in [-0.3, -0.25) is 9.69 Å². The third-order valence-electron chi connectivity index (χ3n) is 2.64. The second-order valence-electron chi connectivity index (χ2n) is 3.54. The lowest BCUT2D eigenvalue weighted by molar-refractivity contribution is -0.143. The summed E-state index contributed by atoms with van der Waals surface area (Å²) in [6, 6.07) is 2.31. The van der Waals surface area contributed by atoms with Gasteiger partial charge in [-0.15, -0.1) is 0 Å². The number of piperidine rings is 1. The molecule has 13 heavy (non-hydrogen) atoms. The maximum atomic E-state index is 10.7. The smallest absolute Gasteiger partial charge is 0.306 e. The van der Waals surface area contributed by atoms with E-state index in [1.54, 1.807) is 0 Å². The zero-order valence-electron chi connectivity index (χ0n) is 7.73. The maximum absolute atomic E-state index is 10.7. The molecular weight excluding hydrogens is 168 g/mol. The number of rotatable bonds is 2. The number of hydrogen-bond donors (Lipinski definition) is 1. The number of carbonyl (C=O) groups is 1. The van der Waals surface area contributed by atoms with Crippen LogP contribution in [-0.2, 0) is 4.79 Å². The molecule has 0 aliphatic carbocycles. The molecule has 1 rings (SSSR count). The van der Waals surface area contributed by atoms with Gasteiger partial charge in [-0.1, -0.05) is 0 Å². The van der Waals surface area contributed by atoms with E-state index >= 15 is 0 Å². The minimum Gasteiger partial charge on any atom is -0.481 e. The van der Waals surface area contributed by atoms with Crippen molar-refractivity contribution in [3.05, 3.63) is 0 Å². The van der Waals surface area contributed by atoms with Crippen molar-refractivity contribution in [1.82, 2.24) is 4.90 Å². The second-order valence-corrected chi connectivity index (χ2v) is 3.54. The molecule has 0 saturated carbocycles. The minimum atomic E-state index is -0.705. The molecule has 0 amide bonds. The van der Waals surface area contributed by atoms with Gasteiger partial charge in [0.25, 0.3) is 0 Å². The lowest BCUT2D eigenvalue weighted by atomic mass is 9.92. The average molecular weight is 182 g/mol. The van der Waals surface area contributed by atoms with Gasteiger partial charge in [0, 0.05) is 12.6 Å². The molecule has 0 aromatic heterocycles. The van der Waals surface area contributed by atoms with Crippen molar-refractivity contribution in [2.24, 2.45) is 5.92 Å². The van der Waals surface area contributed by atoms with Crippen LogP contribution >= 0.6 is 0 Å². The minimum absolute atomic E-state index is 0.217. The molecule has 4 heteroatoms. The zero-order chi connectivity index (χ0) is 9.84. The lowest BCUT2D eigenvalue weighted by Crippen LogP contribution is -2.42. The van der Waals surface area contributed by atoms with Gasteiger partial charge >= 0.3 is 5.97 Å². The Bertz CT molecular complexity index is 234. The van der Waals surface area contributed by atoms with E-state index in [0.717, 1.165) is 6.54 Å². The predicted octanol–water partition coefficient (Wildman–Crippen LogP) is 0.695. The Kier molecular flexibility index (Phi) is 3.26. The molecule has 1 fully saturated rings. The Morgan fingerprint density at radius 2 is 2.46 bits per heavy atom. The summed E-state index contributed by atoms with van der Waals surface area (Å²) in [6.45, 7) is 3.12. The molecule has 2 unspecified atom stereocenters. The number of carboxylic acids is 1. The molecule has 0 spiro atoms. The van der Waals surface area contributed by atoms with Crippen LogP contribution in [0.25, 0.3) is 0 Å². The van der Waals surface area contributed by atoms with Crippen molar-refractivity contribution in [1.29, 1.82) is 5.26 Å². The first-order valence-corrected chi connectivity index (χ1v) is 4.49. The molecule has 4 nitrogen and oxygen atoms in total. The van der Waals surface area contributed by atoms with E-state index in [1.807, 2.05) is 11.8 Å². The fourth-order valence-electron chi connectivity index (χ4n) is 1.77. The highest BCUT2D eigenvalue weighted by atomic mass is 16.4. The topological polar surface area (TPSA) is 64.3 Å². The highest BCUT2D eigenvalue weighted by Crippen LogP contribution is 2.22. The van der Waals surface area contributed by atoms with Crippen molar-refractivity contribution in [2.45, 2.75) is 25.8 Å². The molecule has 2 atom stereocenters. The van der Waals surface area contributed by atoms with Gasteiger partial charge in [0.2, 0.25) is 0 Å². The SMILES string of the molecule is CC1CC(C(=O)O)CCN1CC#N. The quantitative estimate of drug-likeness (QED) is 0.638. The number of nitriles is 1. The summed E-state index contributed by atoms with van der Waals surface area (Å²) in [4.78, 5) is 12.7. The number of likely N-dealkylation sites (tertiary alicyclic amines) is 1. The van der Waals surface area contributed by atoms with Gasteiger partial charge in [0.05, 0.1) is 18.5 Å². The predicted molar refractivity (Wildman–Crippen MR) is 47.0 cm³/mol. The van der Waals surface area contributed by atoms with Crippen LogP contribution in [-0.4, -0.2) is 35.1 Å². The Labute approximate surface area is 77.8 Å². The maximum Gasteiger partial charge on any atom is 0.306 e. The van der Waals surface area contributed by atoms with Crippen molar-refractivity contribution in [3.63, 3.8) is 0 Å². The van der Waals surface area contributed by atoms with Crippen LogP contribution in [0.1, 0.15) is 19.8 Å². The largest absolute Gasteiger partial charge is 0.481 e. The first-order valence-electron chi connectivity index (χ1n) is 4.49. The molecule has 0 bridgehead atoms. The van der Waals surface area contributed by atoms with Gasteiger partial charge in [-0.05, 0) is 19.8 Å². The van der Waals surface area contributed by atoms with Gasteiger partial charge < -0.3 is 5.11 Å². The molecule has 72 valence electrons.